The van der Waals surface area contributed by atoms with Crippen LogP contribution in [-0.2, 0) is 4.74 Å². The number of rotatable bonds is 0. The molecule has 6 bridgehead atoms. The molecule has 5 aliphatic heterocycles. The first-order valence-electron chi connectivity index (χ1n) is 12.8. The summed E-state index contributed by atoms with van der Waals surface area (Å²) in [5.74, 6) is 1.41. The van der Waals surface area contributed by atoms with Crippen molar-refractivity contribution in [2.45, 2.75) is 81.3 Å². The lowest BCUT2D eigenvalue weighted by Gasteiger charge is -2.46. The fourth-order valence-corrected chi connectivity index (χ4v) is 7.60. The number of fused-ring (bicyclic) bond motifs is 7. The molecule has 6 rings (SSSR count). The van der Waals surface area contributed by atoms with Crippen molar-refractivity contribution >= 4 is 0 Å². The second-order valence-corrected chi connectivity index (χ2v) is 11.0. The van der Waals surface area contributed by atoms with Crippen molar-refractivity contribution in [2.75, 3.05) is 52.6 Å². The molecule has 1 aliphatic carbocycles. The van der Waals surface area contributed by atoms with E-state index in [0.29, 0.717) is 42.3 Å². The van der Waals surface area contributed by atoms with Gasteiger partial charge >= 0.3 is 0 Å². The summed E-state index contributed by atoms with van der Waals surface area (Å²) in [7, 11) is 0. The Kier molecular flexibility index (Phi) is 6.05. The molecule has 0 amide bonds. The summed E-state index contributed by atoms with van der Waals surface area (Å²) in [5, 5.41) is 15.8. The Labute approximate surface area is 182 Å². The number of nitrogens with zero attached hydrogens (tertiary/aromatic N) is 2. The smallest absolute Gasteiger partial charge is 0.0593 e. The van der Waals surface area contributed by atoms with Gasteiger partial charge in [-0.3, -0.25) is 25.8 Å². The summed E-state index contributed by atoms with van der Waals surface area (Å²) in [4.78, 5) is 5.50. The average Bonchev–Trinajstić information content (AvgIpc) is 3.30. The van der Waals surface area contributed by atoms with E-state index in [2.05, 4.69) is 31.1 Å². The Morgan fingerprint density at radius 3 is 2.77 bits per heavy atom. The maximum Gasteiger partial charge on any atom is 0.0593 e. The predicted octanol–water partition coefficient (Wildman–Crippen LogP) is 0.137. The van der Waals surface area contributed by atoms with E-state index >= 15 is 0 Å². The van der Waals surface area contributed by atoms with Crippen LogP contribution in [0.25, 0.3) is 0 Å². The molecule has 0 aromatic heterocycles. The highest BCUT2D eigenvalue weighted by Gasteiger charge is 2.46. The zero-order chi connectivity index (χ0) is 19.9. The molecule has 6 fully saturated rings. The molecule has 0 aromatic carbocycles. The summed E-state index contributed by atoms with van der Waals surface area (Å²) in [6.07, 6.45) is 9.90. The van der Waals surface area contributed by atoms with Crippen LogP contribution in [0.15, 0.2) is 0 Å². The molecule has 30 heavy (non-hydrogen) atoms. The van der Waals surface area contributed by atoms with E-state index in [1.807, 2.05) is 0 Å². The van der Waals surface area contributed by atoms with Crippen LogP contribution in [0.1, 0.15) is 44.9 Å². The van der Waals surface area contributed by atoms with Gasteiger partial charge in [0.2, 0.25) is 0 Å². The maximum atomic E-state index is 6.09. The zero-order valence-corrected chi connectivity index (χ0v) is 18.5. The van der Waals surface area contributed by atoms with Crippen LogP contribution in [0, 0.1) is 11.8 Å². The topological polar surface area (TPSA) is 63.8 Å². The number of nitrogens with one attached hydrogen (secondary N) is 4. The van der Waals surface area contributed by atoms with Crippen molar-refractivity contribution in [3.05, 3.63) is 0 Å². The first-order valence-corrected chi connectivity index (χ1v) is 12.8. The summed E-state index contributed by atoms with van der Waals surface area (Å²) in [5.41, 5.74) is 0. The number of ether oxygens (including phenoxy) is 1. The van der Waals surface area contributed by atoms with Crippen molar-refractivity contribution in [1.29, 1.82) is 0 Å². The summed E-state index contributed by atoms with van der Waals surface area (Å²) < 4.78 is 6.09. The lowest BCUT2D eigenvalue weighted by atomic mass is 9.74. The quantitative estimate of drug-likeness (QED) is 0.446. The Morgan fingerprint density at radius 2 is 1.77 bits per heavy atom. The van der Waals surface area contributed by atoms with E-state index in [0.717, 1.165) is 38.9 Å². The van der Waals surface area contributed by atoms with Gasteiger partial charge in [0.15, 0.2) is 0 Å². The molecule has 0 aromatic rings. The summed E-state index contributed by atoms with van der Waals surface area (Å²) in [6, 6.07) is 3.29. The minimum atomic E-state index is 0.499. The number of piperidine rings is 1. The first-order chi connectivity index (χ1) is 14.8. The molecule has 5 saturated heterocycles. The largest absolute Gasteiger partial charge is 0.380 e. The molecule has 9 atom stereocenters. The lowest BCUT2D eigenvalue weighted by molar-refractivity contribution is 0.0610. The molecule has 6 aliphatic rings. The number of hydrogen-bond donors (Lipinski definition) is 4. The summed E-state index contributed by atoms with van der Waals surface area (Å²) >= 11 is 0. The van der Waals surface area contributed by atoms with E-state index in [4.69, 9.17) is 4.74 Å². The highest BCUT2D eigenvalue weighted by molar-refractivity contribution is 5.03. The van der Waals surface area contributed by atoms with Crippen LogP contribution >= 0.6 is 0 Å². The van der Waals surface area contributed by atoms with Crippen molar-refractivity contribution in [2.24, 2.45) is 11.8 Å². The van der Waals surface area contributed by atoms with Crippen LogP contribution in [0.2, 0.25) is 0 Å². The molecular formula is C23H42N6O. The molecular weight excluding hydrogens is 376 g/mol. The molecule has 0 radical (unpaired) electrons. The molecule has 7 unspecified atom stereocenters. The Bertz CT molecular complexity index is 592. The van der Waals surface area contributed by atoms with E-state index in [1.165, 1.54) is 64.6 Å². The molecule has 170 valence electrons. The fourth-order valence-electron chi connectivity index (χ4n) is 7.60. The van der Waals surface area contributed by atoms with Gasteiger partial charge in [0.1, 0.15) is 0 Å². The third-order valence-electron chi connectivity index (χ3n) is 8.87. The fraction of sp³-hybridized carbons (Fsp3) is 1.00. The third kappa shape index (κ3) is 4.19. The highest BCUT2D eigenvalue weighted by atomic mass is 16.5. The van der Waals surface area contributed by atoms with Crippen molar-refractivity contribution < 1.29 is 4.74 Å². The molecule has 1 saturated carbocycles. The Balaban J connectivity index is 1.27. The molecule has 7 nitrogen and oxygen atoms in total. The van der Waals surface area contributed by atoms with Gasteiger partial charge in [0.25, 0.3) is 0 Å². The second-order valence-electron chi connectivity index (χ2n) is 11.0. The molecule has 5 heterocycles. The van der Waals surface area contributed by atoms with Crippen LogP contribution < -0.4 is 21.3 Å². The van der Waals surface area contributed by atoms with Crippen molar-refractivity contribution in [3.8, 4) is 0 Å². The monoisotopic (exact) mass is 418 g/mol. The highest BCUT2D eigenvalue weighted by Crippen LogP contribution is 2.37. The van der Waals surface area contributed by atoms with Crippen LogP contribution in [0.3, 0.4) is 0 Å². The van der Waals surface area contributed by atoms with Gasteiger partial charge in [-0.05, 0) is 44.4 Å². The maximum absolute atomic E-state index is 6.09. The number of hydrogen-bond acceptors (Lipinski definition) is 7. The Morgan fingerprint density at radius 1 is 0.833 bits per heavy atom. The first kappa shape index (κ1) is 20.3. The third-order valence-corrected chi connectivity index (χ3v) is 8.87. The zero-order valence-electron chi connectivity index (χ0n) is 18.5. The lowest BCUT2D eigenvalue weighted by Crippen LogP contribution is -2.60. The van der Waals surface area contributed by atoms with Crippen LogP contribution in [0.5, 0.6) is 0 Å². The van der Waals surface area contributed by atoms with Gasteiger partial charge in [-0.25, -0.2) is 0 Å². The van der Waals surface area contributed by atoms with Crippen LogP contribution in [0.4, 0.5) is 0 Å². The molecule has 0 spiro atoms. The normalized spacial score (nSPS) is 50.2. The average molecular weight is 419 g/mol. The van der Waals surface area contributed by atoms with Gasteiger partial charge in [0.05, 0.1) is 19.4 Å². The van der Waals surface area contributed by atoms with Gasteiger partial charge in [-0.1, -0.05) is 6.42 Å². The van der Waals surface area contributed by atoms with Crippen LogP contribution in [-0.4, -0.2) is 98.8 Å². The standard InChI is InChI=1S/C23H42N6O/c1-3-19-20-4-2-6-22(27-20)26-17-9-18(24-10-17)13-28-7-8-30-14-16(11-28)12-29-15-25-21(5-1)23(19)29/h16-27H,1-15H2/t16?,17-,18-,19?,20?,21?,22?,23?/m0/s1. The molecule has 7 heteroatoms. The van der Waals surface area contributed by atoms with Gasteiger partial charge in [-0.15, -0.1) is 0 Å². The summed E-state index contributed by atoms with van der Waals surface area (Å²) in [6.45, 7) is 8.66. The van der Waals surface area contributed by atoms with Gasteiger partial charge in [-0.2, -0.15) is 0 Å². The minimum Gasteiger partial charge on any atom is -0.380 e. The van der Waals surface area contributed by atoms with Gasteiger partial charge in [0, 0.05) is 75.5 Å². The second kappa shape index (κ2) is 8.93. The van der Waals surface area contributed by atoms with E-state index in [1.54, 1.807) is 0 Å². The predicted molar refractivity (Wildman–Crippen MR) is 118 cm³/mol. The van der Waals surface area contributed by atoms with Crippen molar-refractivity contribution in [3.63, 3.8) is 0 Å². The molecule has 4 N–H and O–H groups in total. The van der Waals surface area contributed by atoms with E-state index in [9.17, 15) is 0 Å². The van der Waals surface area contributed by atoms with Crippen molar-refractivity contribution in [1.82, 2.24) is 31.1 Å². The van der Waals surface area contributed by atoms with Gasteiger partial charge < -0.3 is 10.1 Å². The minimum absolute atomic E-state index is 0.499. The van der Waals surface area contributed by atoms with E-state index < -0.39 is 0 Å². The van der Waals surface area contributed by atoms with E-state index in [-0.39, 0.29) is 0 Å². The SMILES string of the molecule is C1CC2NC(C1)C1CCCC3NCN(CC4COCCN(C4)C[C@@H]4C[C@@H](CN4)N2)C31. The Hall–Kier alpha value is -0.280.